The van der Waals surface area contributed by atoms with Crippen LogP contribution in [0.4, 0.5) is 0 Å². The van der Waals surface area contributed by atoms with Gasteiger partial charge in [0.2, 0.25) is 5.91 Å². The summed E-state index contributed by atoms with van der Waals surface area (Å²) in [6.45, 7) is 4.99. The van der Waals surface area contributed by atoms with Gasteiger partial charge < -0.3 is 10.5 Å². The summed E-state index contributed by atoms with van der Waals surface area (Å²) in [5, 5.41) is 0. The molecule has 10 heavy (non-hydrogen) atoms. The largest absolute Gasteiger partial charge is 0.379 e. The average molecular weight is 143 g/mol. The van der Waals surface area contributed by atoms with Gasteiger partial charge in [0.05, 0.1) is 18.6 Å². The molecule has 3 heteroatoms. The van der Waals surface area contributed by atoms with E-state index in [1.165, 1.54) is 0 Å². The van der Waals surface area contributed by atoms with Gasteiger partial charge in [-0.15, -0.1) is 0 Å². The molecule has 1 heterocycles. The molecule has 0 spiro atoms. The van der Waals surface area contributed by atoms with Crippen LogP contribution in [-0.4, -0.2) is 19.1 Å². The summed E-state index contributed by atoms with van der Waals surface area (Å²) in [6, 6.07) is 0. The zero-order valence-electron chi connectivity index (χ0n) is 6.39. The van der Waals surface area contributed by atoms with Crippen LogP contribution in [0.2, 0.25) is 0 Å². The monoisotopic (exact) mass is 143 g/mol. The molecule has 0 aromatic rings. The van der Waals surface area contributed by atoms with Crippen LogP contribution in [0.1, 0.15) is 13.8 Å². The lowest BCUT2D eigenvalue weighted by Crippen LogP contribution is -2.55. The minimum absolute atomic E-state index is 0.228. The Morgan fingerprint density at radius 2 is 2.10 bits per heavy atom. The van der Waals surface area contributed by atoms with E-state index in [0.717, 1.165) is 0 Å². The van der Waals surface area contributed by atoms with Crippen molar-refractivity contribution >= 4 is 5.91 Å². The second-order valence-corrected chi connectivity index (χ2v) is 3.17. The SMILES string of the molecule is CC(C)C1(C(N)=O)COC1. The highest BCUT2D eigenvalue weighted by Gasteiger charge is 2.46. The van der Waals surface area contributed by atoms with Gasteiger partial charge in [-0.05, 0) is 5.92 Å². The van der Waals surface area contributed by atoms with Gasteiger partial charge in [0.25, 0.3) is 0 Å². The minimum atomic E-state index is -0.361. The van der Waals surface area contributed by atoms with Crippen molar-refractivity contribution in [2.75, 3.05) is 13.2 Å². The number of amides is 1. The highest BCUT2D eigenvalue weighted by Crippen LogP contribution is 2.34. The lowest BCUT2D eigenvalue weighted by Gasteiger charge is -2.41. The summed E-state index contributed by atoms with van der Waals surface area (Å²) >= 11 is 0. The van der Waals surface area contributed by atoms with Crippen LogP contribution < -0.4 is 5.73 Å². The topological polar surface area (TPSA) is 52.3 Å². The van der Waals surface area contributed by atoms with Crippen molar-refractivity contribution in [3.63, 3.8) is 0 Å². The van der Waals surface area contributed by atoms with Gasteiger partial charge >= 0.3 is 0 Å². The summed E-state index contributed by atoms with van der Waals surface area (Å²) in [6.07, 6.45) is 0. The molecule has 1 aliphatic rings. The summed E-state index contributed by atoms with van der Waals surface area (Å²) in [5.74, 6) is 0.0625. The molecule has 0 aliphatic carbocycles. The van der Waals surface area contributed by atoms with E-state index in [1.807, 2.05) is 13.8 Å². The quantitative estimate of drug-likeness (QED) is 0.598. The molecule has 0 unspecified atom stereocenters. The predicted molar refractivity (Wildman–Crippen MR) is 37.3 cm³/mol. The Morgan fingerprint density at radius 3 is 2.10 bits per heavy atom. The number of carbonyl (C=O) groups excluding carboxylic acids is 1. The third-order valence-corrected chi connectivity index (χ3v) is 2.32. The Bertz CT molecular complexity index is 150. The van der Waals surface area contributed by atoms with Gasteiger partial charge in [-0.25, -0.2) is 0 Å². The van der Waals surface area contributed by atoms with Crippen LogP contribution in [0.15, 0.2) is 0 Å². The summed E-state index contributed by atoms with van der Waals surface area (Å²) in [4.78, 5) is 10.9. The van der Waals surface area contributed by atoms with Crippen LogP contribution in [-0.2, 0) is 9.53 Å². The third-order valence-electron chi connectivity index (χ3n) is 2.32. The van der Waals surface area contributed by atoms with Gasteiger partial charge in [0.1, 0.15) is 0 Å². The van der Waals surface area contributed by atoms with E-state index in [1.54, 1.807) is 0 Å². The number of hydrogen-bond donors (Lipinski definition) is 1. The molecule has 0 atom stereocenters. The maximum Gasteiger partial charge on any atom is 0.228 e. The number of primary amides is 1. The second-order valence-electron chi connectivity index (χ2n) is 3.17. The first kappa shape index (κ1) is 7.54. The fraction of sp³-hybridized carbons (Fsp3) is 0.857. The van der Waals surface area contributed by atoms with Crippen molar-refractivity contribution in [2.24, 2.45) is 17.1 Å². The molecule has 0 aromatic heterocycles. The molecule has 1 amide bonds. The zero-order chi connectivity index (χ0) is 7.78. The van der Waals surface area contributed by atoms with E-state index in [9.17, 15) is 4.79 Å². The molecule has 0 radical (unpaired) electrons. The molecule has 1 saturated heterocycles. The molecular weight excluding hydrogens is 130 g/mol. The smallest absolute Gasteiger partial charge is 0.228 e. The summed E-state index contributed by atoms with van der Waals surface area (Å²) in [5.41, 5.74) is 4.85. The Balaban J connectivity index is 2.68. The average Bonchev–Trinajstić information content (AvgIpc) is 1.57. The van der Waals surface area contributed by atoms with Crippen LogP contribution in [0.25, 0.3) is 0 Å². The molecular formula is C7H13NO2. The lowest BCUT2D eigenvalue weighted by molar-refractivity contribution is -0.168. The van der Waals surface area contributed by atoms with Crippen molar-refractivity contribution in [3.8, 4) is 0 Å². The minimum Gasteiger partial charge on any atom is -0.379 e. The van der Waals surface area contributed by atoms with E-state index >= 15 is 0 Å². The van der Waals surface area contributed by atoms with Gasteiger partial charge in [-0.3, -0.25) is 4.79 Å². The van der Waals surface area contributed by atoms with Gasteiger partial charge in [0, 0.05) is 0 Å². The molecule has 1 aliphatic heterocycles. The molecule has 0 aromatic carbocycles. The number of rotatable bonds is 2. The number of ether oxygens (including phenoxy) is 1. The molecule has 0 bridgehead atoms. The van der Waals surface area contributed by atoms with Crippen LogP contribution in [0, 0.1) is 11.3 Å². The molecule has 58 valence electrons. The summed E-state index contributed by atoms with van der Waals surface area (Å²) in [7, 11) is 0. The van der Waals surface area contributed by atoms with E-state index in [0.29, 0.717) is 19.1 Å². The molecule has 1 fully saturated rings. The summed E-state index contributed by atoms with van der Waals surface area (Å²) < 4.78 is 4.96. The number of hydrogen-bond acceptors (Lipinski definition) is 2. The van der Waals surface area contributed by atoms with Crippen molar-refractivity contribution < 1.29 is 9.53 Å². The number of nitrogens with two attached hydrogens (primary N) is 1. The molecule has 1 rings (SSSR count). The maximum absolute atomic E-state index is 10.9. The second kappa shape index (κ2) is 2.23. The first-order valence-electron chi connectivity index (χ1n) is 3.47. The standard InChI is InChI=1S/C7H13NO2/c1-5(2)7(6(8)9)3-10-4-7/h5H,3-4H2,1-2H3,(H2,8,9). The van der Waals surface area contributed by atoms with Gasteiger partial charge in [0.15, 0.2) is 0 Å². The lowest BCUT2D eigenvalue weighted by atomic mass is 9.75. The van der Waals surface area contributed by atoms with Crippen molar-refractivity contribution in [1.29, 1.82) is 0 Å². The Morgan fingerprint density at radius 1 is 1.60 bits per heavy atom. The normalized spacial score (nSPS) is 22.3. The van der Waals surface area contributed by atoms with Crippen molar-refractivity contribution in [1.82, 2.24) is 0 Å². The van der Waals surface area contributed by atoms with Crippen LogP contribution >= 0.6 is 0 Å². The third kappa shape index (κ3) is 0.814. The Kier molecular flexibility index (Phi) is 1.68. The zero-order valence-corrected chi connectivity index (χ0v) is 6.39. The van der Waals surface area contributed by atoms with Crippen molar-refractivity contribution in [2.45, 2.75) is 13.8 Å². The fourth-order valence-electron chi connectivity index (χ4n) is 1.08. The van der Waals surface area contributed by atoms with Crippen LogP contribution in [0.3, 0.4) is 0 Å². The highest BCUT2D eigenvalue weighted by atomic mass is 16.5. The predicted octanol–water partition coefficient (Wildman–Crippen LogP) is 0.144. The first-order chi connectivity index (χ1) is 4.59. The molecule has 3 nitrogen and oxygen atoms in total. The van der Waals surface area contributed by atoms with Crippen molar-refractivity contribution in [3.05, 3.63) is 0 Å². The highest BCUT2D eigenvalue weighted by molar-refractivity contribution is 5.82. The van der Waals surface area contributed by atoms with Gasteiger partial charge in [-0.2, -0.15) is 0 Å². The van der Waals surface area contributed by atoms with Crippen LogP contribution in [0.5, 0.6) is 0 Å². The maximum atomic E-state index is 10.9. The first-order valence-corrected chi connectivity index (χ1v) is 3.47. The number of carbonyl (C=O) groups is 1. The molecule has 0 saturated carbocycles. The van der Waals surface area contributed by atoms with E-state index < -0.39 is 0 Å². The Labute approximate surface area is 60.5 Å². The van der Waals surface area contributed by atoms with E-state index in [2.05, 4.69) is 0 Å². The van der Waals surface area contributed by atoms with E-state index in [4.69, 9.17) is 10.5 Å². The fourth-order valence-corrected chi connectivity index (χ4v) is 1.08. The van der Waals surface area contributed by atoms with Gasteiger partial charge in [-0.1, -0.05) is 13.8 Å². The van der Waals surface area contributed by atoms with E-state index in [-0.39, 0.29) is 11.3 Å². The molecule has 2 N–H and O–H groups in total. The Hall–Kier alpha value is -0.570.